The molecule has 4 rings (SSSR count). The van der Waals surface area contributed by atoms with Gasteiger partial charge in [-0.05, 0) is 30.7 Å². The summed E-state index contributed by atoms with van der Waals surface area (Å²) in [5.41, 5.74) is 2.14. The lowest BCUT2D eigenvalue weighted by atomic mass is 10.2. The summed E-state index contributed by atoms with van der Waals surface area (Å²) >= 11 is 2.97. The summed E-state index contributed by atoms with van der Waals surface area (Å²) in [6, 6.07) is 11.6. The fourth-order valence-electron chi connectivity index (χ4n) is 3.15. The first-order chi connectivity index (χ1) is 16.2. The van der Waals surface area contributed by atoms with Gasteiger partial charge in [0.25, 0.3) is 5.91 Å². The largest absolute Gasteiger partial charge is 0.495 e. The van der Waals surface area contributed by atoms with Gasteiger partial charge < -0.3 is 10.1 Å². The van der Waals surface area contributed by atoms with Crippen molar-refractivity contribution >= 4 is 29.0 Å². The lowest BCUT2D eigenvalue weighted by Gasteiger charge is -2.13. The first kappa shape index (κ1) is 22.9. The summed E-state index contributed by atoms with van der Waals surface area (Å²) in [5.74, 6) is 1.81. The van der Waals surface area contributed by atoms with E-state index in [4.69, 9.17) is 4.74 Å². The van der Waals surface area contributed by atoms with Crippen LogP contribution in [0.1, 0.15) is 35.3 Å². The second-order valence-corrected chi connectivity index (χ2v) is 8.96. The third-order valence-electron chi connectivity index (χ3n) is 4.80. The van der Waals surface area contributed by atoms with Gasteiger partial charge in [0.1, 0.15) is 16.5 Å². The molecule has 3 heterocycles. The second-order valence-electron chi connectivity index (χ2n) is 7.08. The van der Waals surface area contributed by atoms with Gasteiger partial charge in [-0.25, -0.2) is 4.98 Å². The van der Waals surface area contributed by atoms with Crippen molar-refractivity contribution in [2.24, 2.45) is 0 Å². The molecule has 0 fully saturated rings. The molecule has 0 unspecified atom stereocenters. The van der Waals surface area contributed by atoms with Gasteiger partial charge in [-0.2, -0.15) is 0 Å². The maximum absolute atomic E-state index is 12.3. The van der Waals surface area contributed by atoms with Crippen LogP contribution >= 0.6 is 23.1 Å². The highest BCUT2D eigenvalue weighted by Gasteiger charge is 2.20. The normalized spacial score (nSPS) is 10.8. The first-order valence-electron chi connectivity index (χ1n) is 10.6. The molecule has 33 heavy (non-hydrogen) atoms. The molecule has 4 aromatic rings. The zero-order valence-electron chi connectivity index (χ0n) is 18.4. The molecule has 8 nitrogen and oxygen atoms in total. The van der Waals surface area contributed by atoms with Crippen LogP contribution in [0.2, 0.25) is 0 Å². The predicted octanol–water partition coefficient (Wildman–Crippen LogP) is 4.62. The molecule has 1 amide bonds. The van der Waals surface area contributed by atoms with Gasteiger partial charge in [0.05, 0.1) is 18.6 Å². The summed E-state index contributed by atoms with van der Waals surface area (Å²) in [5, 5.41) is 15.1. The number of ether oxygens (including phenoxy) is 1. The van der Waals surface area contributed by atoms with E-state index in [0.29, 0.717) is 34.7 Å². The number of hydrogen-bond acceptors (Lipinski definition) is 8. The van der Waals surface area contributed by atoms with Gasteiger partial charge >= 0.3 is 0 Å². The van der Waals surface area contributed by atoms with Crippen LogP contribution in [-0.2, 0) is 5.75 Å². The highest BCUT2D eigenvalue weighted by atomic mass is 32.2. The zero-order valence-corrected chi connectivity index (χ0v) is 20.0. The van der Waals surface area contributed by atoms with Crippen LogP contribution in [0.25, 0.3) is 17.1 Å². The Morgan fingerprint density at radius 1 is 1.21 bits per heavy atom. The Balaban J connectivity index is 1.59. The molecule has 0 saturated carbocycles. The number of unbranched alkanes of at least 4 members (excludes halogenated alkanes) is 1. The van der Waals surface area contributed by atoms with Crippen LogP contribution in [0.15, 0.2) is 59.3 Å². The van der Waals surface area contributed by atoms with Crippen LogP contribution in [0.3, 0.4) is 0 Å². The Morgan fingerprint density at radius 3 is 2.88 bits per heavy atom. The summed E-state index contributed by atoms with van der Waals surface area (Å²) in [6.45, 7) is 2.75. The number of rotatable bonds is 10. The molecule has 0 aliphatic rings. The quantitative estimate of drug-likeness (QED) is 0.261. The maximum atomic E-state index is 12.3. The molecule has 0 aliphatic carbocycles. The van der Waals surface area contributed by atoms with Crippen molar-refractivity contribution in [3.8, 4) is 22.8 Å². The summed E-state index contributed by atoms with van der Waals surface area (Å²) in [6.07, 6.45) is 5.47. The molecular formula is C23H24N6O2S2. The Kier molecular flexibility index (Phi) is 7.69. The Hall–Kier alpha value is -3.24. The Labute approximate surface area is 200 Å². The number of thiazole rings is 1. The van der Waals surface area contributed by atoms with E-state index >= 15 is 0 Å². The molecule has 0 bridgehead atoms. The van der Waals surface area contributed by atoms with Crippen LogP contribution in [0, 0.1) is 0 Å². The highest BCUT2D eigenvalue weighted by molar-refractivity contribution is 7.98. The minimum Gasteiger partial charge on any atom is -0.495 e. The standard InChI is InChI=1S/C23H24N6O2S2/c1-3-4-12-25-22(30)17-14-32-20(26-17)15-33-23-28-27-21(16-8-7-11-24-13-16)29(23)18-9-5-6-10-19(18)31-2/h5-11,13-14H,3-4,12,15H2,1-2H3,(H,25,30). The van der Waals surface area contributed by atoms with Gasteiger partial charge in [-0.3, -0.25) is 14.3 Å². The fraction of sp³-hybridized carbons (Fsp3) is 0.261. The summed E-state index contributed by atoms with van der Waals surface area (Å²) < 4.78 is 7.56. The average Bonchev–Trinajstić information content (AvgIpc) is 3.50. The van der Waals surface area contributed by atoms with E-state index in [0.717, 1.165) is 29.1 Å². The van der Waals surface area contributed by atoms with Crippen molar-refractivity contribution in [3.05, 3.63) is 64.9 Å². The number of nitrogens with zero attached hydrogens (tertiary/aromatic N) is 5. The molecule has 0 saturated heterocycles. The zero-order chi connectivity index (χ0) is 23.0. The molecule has 1 aromatic carbocycles. The summed E-state index contributed by atoms with van der Waals surface area (Å²) in [4.78, 5) is 21.0. The molecule has 1 N–H and O–H groups in total. The van der Waals surface area contributed by atoms with E-state index in [2.05, 4.69) is 32.4 Å². The van der Waals surface area contributed by atoms with Crippen molar-refractivity contribution in [1.29, 1.82) is 0 Å². The first-order valence-corrected chi connectivity index (χ1v) is 12.4. The van der Waals surface area contributed by atoms with Crippen LogP contribution in [-0.4, -0.2) is 44.3 Å². The van der Waals surface area contributed by atoms with Crippen LogP contribution in [0.4, 0.5) is 0 Å². The minimum absolute atomic E-state index is 0.132. The number of benzene rings is 1. The number of carbonyl (C=O) groups is 1. The monoisotopic (exact) mass is 480 g/mol. The van der Waals surface area contributed by atoms with Gasteiger partial charge in [0.15, 0.2) is 11.0 Å². The van der Waals surface area contributed by atoms with E-state index in [1.54, 1.807) is 24.9 Å². The number of aromatic nitrogens is 5. The number of nitrogens with one attached hydrogen (secondary N) is 1. The van der Waals surface area contributed by atoms with Crippen molar-refractivity contribution in [1.82, 2.24) is 30.0 Å². The van der Waals surface area contributed by atoms with Gasteiger partial charge in [-0.15, -0.1) is 21.5 Å². The number of para-hydroxylation sites is 2. The number of hydrogen-bond donors (Lipinski definition) is 1. The number of pyridine rings is 1. The van der Waals surface area contributed by atoms with Gasteiger partial charge in [-0.1, -0.05) is 37.2 Å². The molecule has 0 aliphatic heterocycles. The van der Waals surface area contributed by atoms with Crippen LogP contribution < -0.4 is 10.1 Å². The molecule has 0 atom stereocenters. The van der Waals surface area contributed by atoms with E-state index in [9.17, 15) is 4.79 Å². The molecule has 0 spiro atoms. The number of methoxy groups -OCH3 is 1. The van der Waals surface area contributed by atoms with Crippen molar-refractivity contribution in [2.45, 2.75) is 30.7 Å². The SMILES string of the molecule is CCCCNC(=O)c1csc(CSc2nnc(-c3cccnc3)n2-c2ccccc2OC)n1. The average molecular weight is 481 g/mol. The lowest BCUT2D eigenvalue weighted by Crippen LogP contribution is -2.24. The molecular weight excluding hydrogens is 456 g/mol. The topological polar surface area (TPSA) is 94.8 Å². The van der Waals surface area contributed by atoms with Gasteiger partial charge in [0, 0.05) is 29.9 Å². The number of carbonyl (C=O) groups excluding carboxylic acids is 1. The smallest absolute Gasteiger partial charge is 0.270 e. The van der Waals surface area contributed by atoms with Crippen LogP contribution in [0.5, 0.6) is 5.75 Å². The van der Waals surface area contributed by atoms with E-state index in [1.165, 1.54) is 23.1 Å². The Bertz CT molecular complexity index is 1210. The fourth-order valence-corrected chi connectivity index (χ4v) is 4.89. The van der Waals surface area contributed by atoms with Crippen molar-refractivity contribution in [2.75, 3.05) is 13.7 Å². The third kappa shape index (κ3) is 5.40. The van der Waals surface area contributed by atoms with E-state index in [1.807, 2.05) is 41.0 Å². The Morgan fingerprint density at radius 2 is 2.09 bits per heavy atom. The highest BCUT2D eigenvalue weighted by Crippen LogP contribution is 2.33. The number of amides is 1. The minimum atomic E-state index is -0.132. The van der Waals surface area contributed by atoms with Crippen molar-refractivity contribution in [3.63, 3.8) is 0 Å². The summed E-state index contributed by atoms with van der Waals surface area (Å²) in [7, 11) is 1.64. The van der Waals surface area contributed by atoms with Gasteiger partial charge in [0.2, 0.25) is 0 Å². The van der Waals surface area contributed by atoms with E-state index < -0.39 is 0 Å². The lowest BCUT2D eigenvalue weighted by molar-refractivity contribution is 0.0948. The van der Waals surface area contributed by atoms with Crippen molar-refractivity contribution < 1.29 is 9.53 Å². The predicted molar refractivity (Wildman–Crippen MR) is 130 cm³/mol. The number of thioether (sulfide) groups is 1. The molecule has 3 aromatic heterocycles. The molecule has 10 heteroatoms. The third-order valence-corrected chi connectivity index (χ3v) is 6.78. The van der Waals surface area contributed by atoms with E-state index in [-0.39, 0.29) is 5.91 Å². The second kappa shape index (κ2) is 11.1. The molecule has 170 valence electrons. The molecule has 0 radical (unpaired) electrons. The maximum Gasteiger partial charge on any atom is 0.270 e.